The first-order valence-electron chi connectivity index (χ1n) is 8.20. The number of hydrogen-bond acceptors (Lipinski definition) is 5. The molecule has 0 bridgehead atoms. The molecule has 1 unspecified atom stereocenters. The van der Waals surface area contributed by atoms with Crippen molar-refractivity contribution >= 4 is 33.7 Å². The van der Waals surface area contributed by atoms with E-state index in [1.54, 1.807) is 7.05 Å². The molecule has 8 heteroatoms. The van der Waals surface area contributed by atoms with Gasteiger partial charge in [0.2, 0.25) is 5.91 Å². The van der Waals surface area contributed by atoms with Gasteiger partial charge in [0.25, 0.3) is 0 Å². The Morgan fingerprint density at radius 2 is 1.88 bits per heavy atom. The highest BCUT2D eigenvalue weighted by Gasteiger charge is 2.43. The van der Waals surface area contributed by atoms with Crippen LogP contribution in [-0.4, -0.2) is 44.5 Å². The van der Waals surface area contributed by atoms with Crippen molar-refractivity contribution in [3.8, 4) is 0 Å². The molecule has 0 aliphatic rings. The van der Waals surface area contributed by atoms with Crippen molar-refractivity contribution in [1.82, 2.24) is 10.2 Å². The van der Waals surface area contributed by atoms with Crippen molar-refractivity contribution in [1.29, 1.82) is 0 Å². The van der Waals surface area contributed by atoms with Crippen molar-refractivity contribution in [2.45, 2.75) is 39.0 Å². The summed E-state index contributed by atoms with van der Waals surface area (Å²) in [5.74, 6) is -0.241. The average Bonchev–Trinajstić information content (AvgIpc) is 2.59. The molecule has 1 rings (SSSR count). The van der Waals surface area contributed by atoms with E-state index in [-0.39, 0.29) is 12.5 Å². The molecule has 1 aromatic carbocycles. The van der Waals surface area contributed by atoms with E-state index in [2.05, 4.69) is 9.68 Å². The molecule has 0 fully saturated rings. The molecule has 0 aliphatic heterocycles. The van der Waals surface area contributed by atoms with Crippen LogP contribution in [0.2, 0.25) is 0 Å². The van der Waals surface area contributed by atoms with Crippen LogP contribution in [0.15, 0.2) is 28.6 Å². The SMILES string of the molecule is CCCC(CN=S(=O)=O)(C(=O)N(CC)C(=S)NC)c1ccc(C)cc1. The first-order valence-corrected chi connectivity index (χ1v) is 9.64. The van der Waals surface area contributed by atoms with E-state index in [0.29, 0.717) is 24.5 Å². The zero-order valence-electron chi connectivity index (χ0n) is 15.1. The highest BCUT2D eigenvalue weighted by molar-refractivity contribution is 7.80. The summed E-state index contributed by atoms with van der Waals surface area (Å²) in [4.78, 5) is 14.9. The fraction of sp³-hybridized carbons (Fsp3) is 0.529. The van der Waals surface area contributed by atoms with Crippen LogP contribution in [0.1, 0.15) is 37.8 Å². The minimum atomic E-state index is -2.58. The Morgan fingerprint density at radius 3 is 2.32 bits per heavy atom. The third-order valence-corrected chi connectivity index (χ3v) is 4.92. The highest BCUT2D eigenvalue weighted by atomic mass is 32.2. The third-order valence-electron chi connectivity index (χ3n) is 4.15. The Morgan fingerprint density at radius 1 is 1.28 bits per heavy atom. The molecule has 6 nitrogen and oxygen atoms in total. The summed E-state index contributed by atoms with van der Waals surface area (Å²) in [5, 5.41) is 3.13. The highest BCUT2D eigenvalue weighted by Crippen LogP contribution is 2.33. The van der Waals surface area contributed by atoms with Gasteiger partial charge >= 0.3 is 10.5 Å². The Balaban J connectivity index is 3.56. The predicted octanol–water partition coefficient (Wildman–Crippen LogP) is 2.45. The molecule has 0 aromatic heterocycles. The van der Waals surface area contributed by atoms with Crippen LogP contribution in [0, 0.1) is 6.92 Å². The fourth-order valence-electron chi connectivity index (χ4n) is 2.85. The number of likely N-dealkylation sites (N-methyl/N-ethyl adjacent to an activating group) is 1. The number of carbonyl (C=O) groups is 1. The molecule has 0 saturated heterocycles. The lowest BCUT2D eigenvalue weighted by Gasteiger charge is -2.36. The van der Waals surface area contributed by atoms with E-state index < -0.39 is 15.9 Å². The van der Waals surface area contributed by atoms with Gasteiger partial charge in [-0.2, -0.15) is 12.8 Å². The van der Waals surface area contributed by atoms with Gasteiger partial charge in [-0.15, -0.1) is 0 Å². The minimum absolute atomic E-state index is 0.137. The lowest BCUT2D eigenvalue weighted by Crippen LogP contribution is -2.53. The van der Waals surface area contributed by atoms with Crippen molar-refractivity contribution in [3.63, 3.8) is 0 Å². The Labute approximate surface area is 156 Å². The second-order valence-corrected chi connectivity index (χ2v) is 6.89. The van der Waals surface area contributed by atoms with Gasteiger partial charge in [-0.3, -0.25) is 9.69 Å². The molecular weight excluding hydrogens is 358 g/mol. The zero-order valence-corrected chi connectivity index (χ0v) is 16.7. The molecule has 0 saturated carbocycles. The maximum absolute atomic E-state index is 13.4. The van der Waals surface area contributed by atoms with Crippen molar-refractivity contribution in [2.24, 2.45) is 4.36 Å². The normalized spacial score (nSPS) is 12.8. The number of benzene rings is 1. The van der Waals surface area contributed by atoms with Gasteiger partial charge in [0.15, 0.2) is 5.11 Å². The molecule has 25 heavy (non-hydrogen) atoms. The first-order chi connectivity index (χ1) is 11.8. The largest absolute Gasteiger partial charge is 0.365 e. The van der Waals surface area contributed by atoms with Crippen LogP contribution in [0.25, 0.3) is 0 Å². The molecule has 138 valence electrons. The second-order valence-electron chi connectivity index (χ2n) is 5.81. The molecule has 0 heterocycles. The Hall–Kier alpha value is -1.80. The topological polar surface area (TPSA) is 78.8 Å². The molecule has 1 amide bonds. The molecule has 0 spiro atoms. The summed E-state index contributed by atoms with van der Waals surface area (Å²) in [6.45, 7) is 5.99. The monoisotopic (exact) mass is 383 g/mol. The van der Waals surface area contributed by atoms with E-state index in [4.69, 9.17) is 12.2 Å². The van der Waals surface area contributed by atoms with Crippen LogP contribution < -0.4 is 5.32 Å². The van der Waals surface area contributed by atoms with E-state index >= 15 is 0 Å². The number of aryl methyl sites for hydroxylation is 1. The number of thiocarbonyl (C=S) groups is 1. The lowest BCUT2D eigenvalue weighted by molar-refractivity contribution is -0.133. The van der Waals surface area contributed by atoms with Crippen molar-refractivity contribution < 1.29 is 13.2 Å². The average molecular weight is 384 g/mol. The van der Waals surface area contributed by atoms with Gasteiger partial charge in [-0.25, -0.2) is 0 Å². The molecule has 1 aromatic rings. The van der Waals surface area contributed by atoms with Crippen LogP contribution in [0.5, 0.6) is 0 Å². The van der Waals surface area contributed by atoms with Crippen molar-refractivity contribution in [3.05, 3.63) is 35.4 Å². The van der Waals surface area contributed by atoms with Gasteiger partial charge in [-0.05, 0) is 38.0 Å². The number of nitrogens with zero attached hydrogens (tertiary/aromatic N) is 2. The standard InChI is InChI=1S/C17H25N3O3S2/c1-5-11-17(12-19-25(22)23,14-9-7-13(3)8-10-14)15(21)20(6-2)16(24)18-4/h7-10H,5-6,11-12H2,1-4H3,(H,18,24). The van der Waals surface area contributed by atoms with Crippen LogP contribution in [0.4, 0.5) is 0 Å². The quantitative estimate of drug-likeness (QED) is 0.732. The summed E-state index contributed by atoms with van der Waals surface area (Å²) in [7, 11) is -0.927. The summed E-state index contributed by atoms with van der Waals surface area (Å²) in [6.07, 6.45) is 1.17. The maximum Gasteiger partial charge on any atom is 0.311 e. The van der Waals surface area contributed by atoms with Gasteiger partial charge in [0.1, 0.15) is 0 Å². The summed E-state index contributed by atoms with van der Waals surface area (Å²) < 4.78 is 25.8. The van der Waals surface area contributed by atoms with Gasteiger partial charge < -0.3 is 5.32 Å². The molecule has 0 aliphatic carbocycles. The smallest absolute Gasteiger partial charge is 0.311 e. The predicted molar refractivity (Wildman–Crippen MR) is 103 cm³/mol. The van der Waals surface area contributed by atoms with E-state index in [0.717, 1.165) is 11.1 Å². The number of nitrogens with one attached hydrogen (secondary N) is 1. The van der Waals surface area contributed by atoms with E-state index in [1.165, 1.54) is 4.90 Å². The summed E-state index contributed by atoms with van der Waals surface area (Å²) >= 11 is 5.25. The van der Waals surface area contributed by atoms with Crippen LogP contribution in [0.3, 0.4) is 0 Å². The zero-order chi connectivity index (χ0) is 19.0. The van der Waals surface area contributed by atoms with Gasteiger partial charge in [0.05, 0.1) is 12.0 Å². The number of hydrogen-bond donors (Lipinski definition) is 1. The molecule has 1 atom stereocenters. The lowest BCUT2D eigenvalue weighted by atomic mass is 9.75. The molecular formula is C17H25N3O3S2. The van der Waals surface area contributed by atoms with Gasteiger partial charge in [0, 0.05) is 13.6 Å². The van der Waals surface area contributed by atoms with E-state index in [9.17, 15) is 13.2 Å². The Bertz CT molecular complexity index is 737. The van der Waals surface area contributed by atoms with E-state index in [1.807, 2.05) is 45.0 Å². The maximum atomic E-state index is 13.4. The minimum Gasteiger partial charge on any atom is -0.365 e. The first kappa shape index (κ1) is 21.2. The van der Waals surface area contributed by atoms with Crippen molar-refractivity contribution in [2.75, 3.05) is 20.1 Å². The number of rotatable bonds is 7. The second kappa shape index (κ2) is 9.62. The van der Waals surface area contributed by atoms with Crippen LogP contribution >= 0.6 is 12.2 Å². The summed E-state index contributed by atoms with van der Waals surface area (Å²) in [6, 6.07) is 7.55. The third kappa shape index (κ3) is 5.09. The molecule has 0 radical (unpaired) electrons. The fourth-order valence-corrected chi connectivity index (χ4v) is 3.39. The number of carbonyl (C=O) groups excluding carboxylic acids is 1. The summed E-state index contributed by atoms with van der Waals surface area (Å²) in [5.41, 5.74) is 0.736. The number of amides is 1. The van der Waals surface area contributed by atoms with Gasteiger partial charge in [-0.1, -0.05) is 43.2 Å². The van der Waals surface area contributed by atoms with Crippen LogP contribution in [-0.2, 0) is 20.7 Å². The Kier molecular flexibility index (Phi) is 8.18. The molecule has 1 N–H and O–H groups in total.